The Bertz CT molecular complexity index is 944. The fourth-order valence-corrected chi connectivity index (χ4v) is 4.15. The van der Waals surface area contributed by atoms with Crippen molar-refractivity contribution in [1.29, 1.82) is 0 Å². The highest BCUT2D eigenvalue weighted by molar-refractivity contribution is 7.15. The zero-order valence-corrected chi connectivity index (χ0v) is 15.8. The number of carbonyl (C=O) groups excluding carboxylic acids is 1. The van der Waals surface area contributed by atoms with E-state index in [-0.39, 0.29) is 5.91 Å². The first-order valence-corrected chi connectivity index (χ1v) is 9.53. The van der Waals surface area contributed by atoms with E-state index in [9.17, 15) is 4.79 Å². The molecule has 1 aliphatic rings. The largest absolute Gasteiger partial charge is 0.497 e. The molecule has 2 aromatic heterocycles. The summed E-state index contributed by atoms with van der Waals surface area (Å²) < 4.78 is 12.6. The van der Waals surface area contributed by atoms with Crippen LogP contribution < -0.4 is 16.0 Å². The molecule has 1 aliphatic heterocycles. The van der Waals surface area contributed by atoms with Crippen LogP contribution in [0.5, 0.6) is 5.75 Å². The van der Waals surface area contributed by atoms with Gasteiger partial charge >= 0.3 is 0 Å². The number of ether oxygens (including phenoxy) is 2. The summed E-state index contributed by atoms with van der Waals surface area (Å²) in [7, 11) is 1.64. The first-order chi connectivity index (χ1) is 13.2. The Morgan fingerprint density at radius 1 is 1.33 bits per heavy atom. The van der Waals surface area contributed by atoms with Crippen LogP contribution in [0.4, 0.5) is 0 Å². The number of aromatic nitrogens is 2. The van der Waals surface area contributed by atoms with Crippen LogP contribution in [0.1, 0.15) is 16.2 Å². The molecule has 142 valence electrons. The summed E-state index contributed by atoms with van der Waals surface area (Å²) in [5, 5.41) is 1.77. The molecule has 8 nitrogen and oxygen atoms in total. The van der Waals surface area contributed by atoms with Crippen LogP contribution in [0.25, 0.3) is 16.2 Å². The van der Waals surface area contributed by atoms with Gasteiger partial charge in [-0.2, -0.15) is 0 Å². The molecule has 9 heteroatoms. The first kappa shape index (κ1) is 17.9. The van der Waals surface area contributed by atoms with E-state index in [1.807, 2.05) is 28.7 Å². The Balaban J connectivity index is 1.83. The molecule has 3 heterocycles. The summed E-state index contributed by atoms with van der Waals surface area (Å²) in [5.74, 6) is 5.81. The quantitative estimate of drug-likeness (QED) is 0.392. The van der Waals surface area contributed by atoms with Gasteiger partial charge < -0.3 is 9.47 Å². The maximum atomic E-state index is 12.2. The number of nitrogens with one attached hydrogen (secondary N) is 1. The van der Waals surface area contributed by atoms with E-state index in [0.29, 0.717) is 12.2 Å². The zero-order valence-electron chi connectivity index (χ0n) is 15.0. The second kappa shape index (κ2) is 7.65. The van der Waals surface area contributed by atoms with Crippen molar-refractivity contribution in [3.05, 3.63) is 41.0 Å². The molecule has 1 amide bonds. The van der Waals surface area contributed by atoms with Gasteiger partial charge in [-0.05, 0) is 24.3 Å². The third-order valence-corrected chi connectivity index (χ3v) is 5.47. The molecule has 0 unspecified atom stereocenters. The van der Waals surface area contributed by atoms with Crippen LogP contribution in [0.15, 0.2) is 29.6 Å². The van der Waals surface area contributed by atoms with Gasteiger partial charge in [0.05, 0.1) is 31.7 Å². The van der Waals surface area contributed by atoms with Gasteiger partial charge in [-0.1, -0.05) is 0 Å². The number of thiazole rings is 1. The van der Waals surface area contributed by atoms with Crippen LogP contribution in [-0.2, 0) is 11.3 Å². The molecule has 0 saturated carbocycles. The van der Waals surface area contributed by atoms with E-state index in [1.54, 1.807) is 12.5 Å². The SMILES string of the molecule is COc1ccc(-c2c(CN3CCOCC3)nc3scc(C(=O)NN)n23)cc1. The second-order valence-corrected chi connectivity index (χ2v) is 7.07. The van der Waals surface area contributed by atoms with Gasteiger partial charge in [0.15, 0.2) is 4.96 Å². The number of benzene rings is 1. The summed E-state index contributed by atoms with van der Waals surface area (Å²) in [6.45, 7) is 3.87. The number of nitrogen functional groups attached to an aromatic ring is 1. The lowest BCUT2D eigenvalue weighted by atomic mass is 10.1. The average Bonchev–Trinajstić information content (AvgIpc) is 3.27. The van der Waals surface area contributed by atoms with E-state index >= 15 is 0 Å². The molecule has 0 atom stereocenters. The van der Waals surface area contributed by atoms with E-state index in [1.165, 1.54) is 11.3 Å². The third-order valence-electron chi connectivity index (χ3n) is 4.64. The number of hydrazine groups is 1. The summed E-state index contributed by atoms with van der Waals surface area (Å²) in [5.41, 5.74) is 5.50. The number of nitrogens with zero attached hydrogens (tertiary/aromatic N) is 3. The molecule has 0 bridgehead atoms. The van der Waals surface area contributed by atoms with Crippen LogP contribution in [0, 0.1) is 0 Å². The summed E-state index contributed by atoms with van der Waals surface area (Å²) in [4.78, 5) is 20.1. The van der Waals surface area contributed by atoms with E-state index in [4.69, 9.17) is 20.3 Å². The highest BCUT2D eigenvalue weighted by atomic mass is 32.1. The van der Waals surface area contributed by atoms with Gasteiger partial charge in [0.1, 0.15) is 11.4 Å². The fraction of sp³-hybridized carbons (Fsp3) is 0.333. The normalized spacial score (nSPS) is 15.2. The van der Waals surface area contributed by atoms with Crippen molar-refractivity contribution < 1.29 is 14.3 Å². The standard InChI is InChI=1S/C18H21N5O3S/c1-25-13-4-2-12(3-5-13)16-14(10-22-6-8-26-9-7-22)20-18-23(16)15(11-27-18)17(24)21-19/h2-5,11H,6-10,19H2,1H3,(H,21,24). The lowest BCUT2D eigenvalue weighted by Crippen LogP contribution is -2.35. The molecular formula is C18H21N5O3S. The van der Waals surface area contributed by atoms with Crippen LogP contribution >= 0.6 is 11.3 Å². The number of methoxy groups -OCH3 is 1. The van der Waals surface area contributed by atoms with Crippen molar-refractivity contribution in [2.24, 2.45) is 5.84 Å². The summed E-state index contributed by atoms with van der Waals surface area (Å²) in [6, 6.07) is 7.77. The Labute approximate surface area is 160 Å². The Morgan fingerprint density at radius 2 is 2.07 bits per heavy atom. The monoisotopic (exact) mass is 387 g/mol. The number of rotatable bonds is 5. The van der Waals surface area contributed by atoms with Crippen molar-refractivity contribution in [2.45, 2.75) is 6.54 Å². The van der Waals surface area contributed by atoms with Gasteiger partial charge in [-0.15, -0.1) is 11.3 Å². The molecule has 0 aliphatic carbocycles. The highest BCUT2D eigenvalue weighted by Gasteiger charge is 2.23. The van der Waals surface area contributed by atoms with E-state index < -0.39 is 0 Å². The molecule has 1 saturated heterocycles. The summed E-state index contributed by atoms with van der Waals surface area (Å²) >= 11 is 1.42. The number of hydrogen-bond acceptors (Lipinski definition) is 7. The maximum Gasteiger partial charge on any atom is 0.283 e. The minimum Gasteiger partial charge on any atom is -0.497 e. The minimum absolute atomic E-state index is 0.341. The Hall–Kier alpha value is -2.46. The van der Waals surface area contributed by atoms with Crippen molar-refractivity contribution in [2.75, 3.05) is 33.4 Å². The molecular weight excluding hydrogens is 366 g/mol. The highest BCUT2D eigenvalue weighted by Crippen LogP contribution is 2.31. The number of fused-ring (bicyclic) bond motifs is 1. The van der Waals surface area contributed by atoms with Crippen molar-refractivity contribution >= 4 is 22.2 Å². The molecule has 4 rings (SSSR count). The topological polar surface area (TPSA) is 94.1 Å². The predicted octanol–water partition coefficient (Wildman–Crippen LogP) is 1.51. The summed E-state index contributed by atoms with van der Waals surface area (Å²) in [6.07, 6.45) is 0. The number of morpholine rings is 1. The molecule has 3 aromatic rings. The van der Waals surface area contributed by atoms with Gasteiger partial charge in [0.25, 0.3) is 5.91 Å². The predicted molar refractivity (Wildman–Crippen MR) is 103 cm³/mol. The zero-order chi connectivity index (χ0) is 18.8. The molecule has 1 aromatic carbocycles. The lowest BCUT2D eigenvalue weighted by Gasteiger charge is -2.26. The van der Waals surface area contributed by atoms with Gasteiger partial charge in [0, 0.05) is 30.6 Å². The first-order valence-electron chi connectivity index (χ1n) is 8.65. The third kappa shape index (κ3) is 3.42. The van der Waals surface area contributed by atoms with Gasteiger partial charge in [0.2, 0.25) is 0 Å². The molecule has 3 N–H and O–H groups in total. The number of amides is 1. The number of hydrogen-bond donors (Lipinski definition) is 2. The average molecular weight is 387 g/mol. The van der Waals surface area contributed by atoms with Gasteiger partial charge in [-0.3, -0.25) is 19.5 Å². The Morgan fingerprint density at radius 3 is 2.74 bits per heavy atom. The van der Waals surface area contributed by atoms with Crippen molar-refractivity contribution in [3.8, 4) is 17.0 Å². The van der Waals surface area contributed by atoms with Crippen LogP contribution in [-0.4, -0.2) is 53.6 Å². The smallest absolute Gasteiger partial charge is 0.283 e. The number of carbonyl (C=O) groups is 1. The van der Waals surface area contributed by atoms with Crippen molar-refractivity contribution in [1.82, 2.24) is 19.7 Å². The second-order valence-electron chi connectivity index (χ2n) is 6.24. The number of nitrogens with two attached hydrogens (primary N) is 1. The number of imidazole rings is 1. The van der Waals surface area contributed by atoms with E-state index in [2.05, 4.69) is 10.3 Å². The van der Waals surface area contributed by atoms with Crippen LogP contribution in [0.2, 0.25) is 0 Å². The van der Waals surface area contributed by atoms with E-state index in [0.717, 1.165) is 54.0 Å². The minimum atomic E-state index is -0.341. The molecule has 27 heavy (non-hydrogen) atoms. The fourth-order valence-electron chi connectivity index (χ4n) is 3.26. The van der Waals surface area contributed by atoms with Gasteiger partial charge in [-0.25, -0.2) is 10.8 Å². The van der Waals surface area contributed by atoms with Crippen molar-refractivity contribution in [3.63, 3.8) is 0 Å². The maximum absolute atomic E-state index is 12.2. The lowest BCUT2D eigenvalue weighted by molar-refractivity contribution is 0.0338. The van der Waals surface area contributed by atoms with Crippen LogP contribution in [0.3, 0.4) is 0 Å². The molecule has 0 radical (unpaired) electrons. The molecule has 0 spiro atoms. The molecule has 1 fully saturated rings. The Kier molecular flexibility index (Phi) is 5.08.